The Labute approximate surface area is 189 Å². The molecule has 8 nitrogen and oxygen atoms in total. The van der Waals surface area contributed by atoms with Crippen molar-refractivity contribution >= 4 is 17.3 Å². The number of fused-ring (bicyclic) bond motifs is 2. The minimum atomic E-state index is 0.657. The summed E-state index contributed by atoms with van der Waals surface area (Å²) in [4.78, 5) is 20.6. The van der Waals surface area contributed by atoms with Crippen molar-refractivity contribution in [1.82, 2.24) is 30.7 Å². The van der Waals surface area contributed by atoms with Crippen LogP contribution >= 0.6 is 0 Å². The standard InChI is InChI=1S/C15H20N8.4C2H6/c1-8-13-11(4-5-17-22-13)21-15(19-8)23-7-16-6-12-14(23)9(2)18-10(3)20-12;4*1-2/h16-17,22H,4-7H2,1-3H3;4*1-2H3. The summed E-state index contributed by atoms with van der Waals surface area (Å²) in [6.45, 7) is 24.2. The summed E-state index contributed by atoms with van der Waals surface area (Å²) in [5.41, 5.74) is 12.3. The zero-order chi connectivity index (χ0) is 24.0. The molecular weight excluding hydrogens is 388 g/mol. The maximum Gasteiger partial charge on any atom is 0.231 e. The van der Waals surface area contributed by atoms with Gasteiger partial charge in [-0.2, -0.15) is 0 Å². The largest absolute Gasteiger partial charge is 0.318 e. The van der Waals surface area contributed by atoms with Gasteiger partial charge in [-0.15, -0.1) is 0 Å². The lowest BCUT2D eigenvalue weighted by atomic mass is 10.2. The first-order valence-electron chi connectivity index (χ1n) is 11.8. The quantitative estimate of drug-likeness (QED) is 0.582. The van der Waals surface area contributed by atoms with Crippen LogP contribution in [0.15, 0.2) is 0 Å². The van der Waals surface area contributed by atoms with Gasteiger partial charge in [0.1, 0.15) is 5.82 Å². The number of anilines is 3. The summed E-state index contributed by atoms with van der Waals surface area (Å²) in [5, 5.41) is 3.37. The molecule has 0 atom stereocenters. The third kappa shape index (κ3) is 7.11. The molecule has 2 aromatic heterocycles. The van der Waals surface area contributed by atoms with E-state index in [0.29, 0.717) is 12.6 Å². The molecule has 31 heavy (non-hydrogen) atoms. The Balaban J connectivity index is 0.00000102. The molecule has 2 aliphatic rings. The number of hydrogen-bond acceptors (Lipinski definition) is 8. The SMILES string of the molecule is CC.CC.CC.CC.Cc1nc(C)c2c(n1)CNCN2c1nc(C)c2c(n1)CCNN2. The molecule has 176 valence electrons. The minimum absolute atomic E-state index is 0.657. The van der Waals surface area contributed by atoms with E-state index < -0.39 is 0 Å². The minimum Gasteiger partial charge on any atom is -0.318 e. The Morgan fingerprint density at radius 1 is 0.742 bits per heavy atom. The third-order valence-corrected chi connectivity index (χ3v) is 4.17. The highest BCUT2D eigenvalue weighted by atomic mass is 15.4. The highest BCUT2D eigenvalue weighted by molar-refractivity contribution is 5.66. The van der Waals surface area contributed by atoms with Gasteiger partial charge in [0.15, 0.2) is 0 Å². The Bertz CT molecular complexity index is 777. The molecule has 0 aromatic carbocycles. The van der Waals surface area contributed by atoms with Crippen molar-refractivity contribution in [1.29, 1.82) is 0 Å². The maximum atomic E-state index is 4.78. The predicted octanol–water partition coefficient (Wildman–Crippen LogP) is 4.97. The van der Waals surface area contributed by atoms with Gasteiger partial charge in [0.2, 0.25) is 5.95 Å². The van der Waals surface area contributed by atoms with Crippen molar-refractivity contribution in [3.63, 3.8) is 0 Å². The topological polar surface area (TPSA) is 90.9 Å². The van der Waals surface area contributed by atoms with E-state index in [1.54, 1.807) is 0 Å². The van der Waals surface area contributed by atoms with Gasteiger partial charge >= 0.3 is 0 Å². The van der Waals surface area contributed by atoms with Gasteiger partial charge in [-0.1, -0.05) is 55.4 Å². The number of rotatable bonds is 1. The first-order chi connectivity index (χ1) is 15.1. The lowest BCUT2D eigenvalue weighted by Crippen LogP contribution is -2.39. The molecule has 0 spiro atoms. The van der Waals surface area contributed by atoms with Gasteiger partial charge in [-0.3, -0.25) is 10.2 Å². The number of hydrazine groups is 1. The van der Waals surface area contributed by atoms with Crippen molar-refractivity contribution < 1.29 is 0 Å². The Morgan fingerprint density at radius 2 is 1.39 bits per heavy atom. The second kappa shape index (κ2) is 15.5. The predicted molar refractivity (Wildman–Crippen MR) is 133 cm³/mol. The highest BCUT2D eigenvalue weighted by Crippen LogP contribution is 2.32. The smallest absolute Gasteiger partial charge is 0.231 e. The normalized spacial score (nSPS) is 13.1. The number of hydrogen-bond donors (Lipinski definition) is 3. The molecule has 0 unspecified atom stereocenters. The first kappa shape index (κ1) is 28.7. The fraction of sp³-hybridized carbons (Fsp3) is 0.652. The van der Waals surface area contributed by atoms with Gasteiger partial charge in [-0.05, 0) is 20.8 Å². The summed E-state index contributed by atoms with van der Waals surface area (Å²) in [6.07, 6.45) is 0.885. The molecule has 0 radical (unpaired) electrons. The van der Waals surface area contributed by atoms with Crippen LogP contribution in [0.5, 0.6) is 0 Å². The zero-order valence-corrected chi connectivity index (χ0v) is 21.6. The van der Waals surface area contributed by atoms with Crippen molar-refractivity contribution in [2.75, 3.05) is 23.5 Å². The van der Waals surface area contributed by atoms with Crippen molar-refractivity contribution in [2.24, 2.45) is 0 Å². The first-order valence-corrected chi connectivity index (χ1v) is 11.8. The maximum absolute atomic E-state index is 4.78. The second-order valence-corrected chi connectivity index (χ2v) is 5.90. The fourth-order valence-corrected chi connectivity index (χ4v) is 3.20. The number of aromatic nitrogens is 4. The number of aryl methyl sites for hydroxylation is 3. The monoisotopic (exact) mass is 432 g/mol. The van der Waals surface area contributed by atoms with E-state index in [-0.39, 0.29) is 0 Å². The molecule has 0 bridgehead atoms. The molecule has 0 aliphatic carbocycles. The number of nitrogens with zero attached hydrogens (tertiary/aromatic N) is 5. The lowest BCUT2D eigenvalue weighted by molar-refractivity contribution is 0.625. The van der Waals surface area contributed by atoms with Crippen LogP contribution in [0.1, 0.15) is 84.0 Å². The van der Waals surface area contributed by atoms with Crippen LogP contribution in [-0.4, -0.2) is 33.1 Å². The summed E-state index contributed by atoms with van der Waals surface area (Å²) in [6, 6.07) is 0. The molecule has 2 aliphatic heterocycles. The molecule has 0 amide bonds. The van der Waals surface area contributed by atoms with Crippen LogP contribution in [0.2, 0.25) is 0 Å². The van der Waals surface area contributed by atoms with E-state index in [4.69, 9.17) is 4.98 Å². The summed E-state index contributed by atoms with van der Waals surface area (Å²) in [7, 11) is 0. The average molecular weight is 433 g/mol. The van der Waals surface area contributed by atoms with Gasteiger partial charge in [0, 0.05) is 19.5 Å². The summed E-state index contributed by atoms with van der Waals surface area (Å²) >= 11 is 0. The van der Waals surface area contributed by atoms with Crippen LogP contribution in [0.25, 0.3) is 0 Å². The van der Waals surface area contributed by atoms with Gasteiger partial charge in [0.05, 0.1) is 40.8 Å². The van der Waals surface area contributed by atoms with E-state index in [1.165, 1.54) is 0 Å². The molecule has 4 rings (SSSR count). The Hall–Kier alpha value is -2.32. The molecule has 0 saturated heterocycles. The van der Waals surface area contributed by atoms with Crippen LogP contribution in [0, 0.1) is 20.8 Å². The second-order valence-electron chi connectivity index (χ2n) is 5.90. The van der Waals surface area contributed by atoms with Crippen LogP contribution in [-0.2, 0) is 13.0 Å². The number of nitrogens with one attached hydrogen (secondary N) is 3. The molecule has 0 fully saturated rings. The molecule has 0 saturated carbocycles. The summed E-state index contributed by atoms with van der Waals surface area (Å²) < 4.78 is 0. The fourth-order valence-electron chi connectivity index (χ4n) is 3.20. The Morgan fingerprint density at radius 3 is 2.03 bits per heavy atom. The highest BCUT2D eigenvalue weighted by Gasteiger charge is 2.26. The summed E-state index contributed by atoms with van der Waals surface area (Å²) in [5.74, 6) is 1.50. The molecule has 2 aromatic rings. The molecular formula is C23H44N8. The van der Waals surface area contributed by atoms with E-state index in [9.17, 15) is 0 Å². The molecule has 8 heteroatoms. The van der Waals surface area contributed by atoms with E-state index in [0.717, 1.165) is 59.5 Å². The zero-order valence-electron chi connectivity index (χ0n) is 21.6. The lowest BCUT2D eigenvalue weighted by Gasteiger charge is -2.31. The van der Waals surface area contributed by atoms with Crippen LogP contribution in [0.3, 0.4) is 0 Å². The van der Waals surface area contributed by atoms with E-state index >= 15 is 0 Å². The Kier molecular flexibility index (Phi) is 14.3. The van der Waals surface area contributed by atoms with Crippen molar-refractivity contribution in [2.45, 2.75) is 89.1 Å². The third-order valence-electron chi connectivity index (χ3n) is 4.17. The van der Waals surface area contributed by atoms with Gasteiger partial charge < -0.3 is 5.43 Å². The van der Waals surface area contributed by atoms with Gasteiger partial charge in [0.25, 0.3) is 0 Å². The van der Waals surface area contributed by atoms with Crippen molar-refractivity contribution in [3.05, 3.63) is 28.6 Å². The van der Waals surface area contributed by atoms with Crippen molar-refractivity contribution in [3.8, 4) is 0 Å². The van der Waals surface area contributed by atoms with E-state index in [2.05, 4.69) is 36.0 Å². The average Bonchev–Trinajstić information content (AvgIpc) is 2.83. The molecule has 4 heterocycles. The molecule has 3 N–H and O–H groups in total. The van der Waals surface area contributed by atoms with E-state index in [1.807, 2.05) is 76.2 Å². The van der Waals surface area contributed by atoms with Gasteiger partial charge in [-0.25, -0.2) is 25.4 Å². The van der Waals surface area contributed by atoms with Crippen LogP contribution < -0.4 is 21.1 Å². The van der Waals surface area contributed by atoms with Crippen LogP contribution in [0.4, 0.5) is 17.3 Å².